The molecule has 5 rings (SSSR count). The Morgan fingerprint density at radius 3 is 2.73 bits per heavy atom. The summed E-state index contributed by atoms with van der Waals surface area (Å²) in [4.78, 5) is 6.77. The van der Waals surface area contributed by atoms with Crippen molar-refractivity contribution in [1.82, 2.24) is 9.88 Å². The molecule has 0 aliphatic carbocycles. The first-order valence-corrected chi connectivity index (χ1v) is 9.11. The molecule has 0 spiro atoms. The first-order chi connectivity index (χ1) is 12.1. The van der Waals surface area contributed by atoms with Gasteiger partial charge in [0.05, 0.1) is 24.8 Å². The van der Waals surface area contributed by atoms with E-state index in [1.54, 1.807) is 13.3 Å². The zero-order chi connectivity index (χ0) is 17.6. The predicted molar refractivity (Wildman–Crippen MR) is 104 cm³/mol. The Balaban J connectivity index is 0.00000196. The molecule has 2 aromatic rings. The van der Waals surface area contributed by atoms with Crippen LogP contribution in [0.25, 0.3) is 10.9 Å². The second-order valence-electron chi connectivity index (χ2n) is 7.48. The topological polar surface area (TPSA) is 65.8 Å². The SMILES string of the molecule is COc1ccc2nccc([C@@H](O)[C@@H]3C[C@H]4CCN3C[C@@H]4C(C)O)c2c1.Cl. The molecule has 0 saturated carbocycles. The van der Waals surface area contributed by atoms with Gasteiger partial charge in [-0.25, -0.2) is 0 Å². The molecular formula is C20H27ClN2O3. The fourth-order valence-corrected chi connectivity index (χ4v) is 4.72. The van der Waals surface area contributed by atoms with Crippen LogP contribution < -0.4 is 4.74 Å². The van der Waals surface area contributed by atoms with Gasteiger partial charge in [0.25, 0.3) is 0 Å². The highest BCUT2D eigenvalue weighted by molar-refractivity contribution is 5.85. The van der Waals surface area contributed by atoms with E-state index in [9.17, 15) is 10.2 Å². The van der Waals surface area contributed by atoms with Gasteiger partial charge in [-0.05, 0) is 62.1 Å². The summed E-state index contributed by atoms with van der Waals surface area (Å²) >= 11 is 0. The van der Waals surface area contributed by atoms with Gasteiger partial charge in [0.2, 0.25) is 0 Å². The van der Waals surface area contributed by atoms with Gasteiger partial charge in [-0.2, -0.15) is 0 Å². The number of hydrogen-bond acceptors (Lipinski definition) is 5. The standard InChI is InChI=1S/C20H26N2O3.ClH/c1-12(23)17-11-22-8-6-13(17)9-19(22)20(24)15-5-7-21-18-4-3-14(25-2)10-16(15)18;/h3-5,7,10,12-13,17,19-20,23-24H,6,8-9,11H2,1-2H3;1H/t12?,13-,17-,19+,20-;/m1./s1. The zero-order valence-electron chi connectivity index (χ0n) is 15.2. The Bertz CT molecular complexity index is 770. The number of halogens is 1. The van der Waals surface area contributed by atoms with Gasteiger partial charge in [0.1, 0.15) is 5.75 Å². The molecule has 2 N–H and O–H groups in total. The normalized spacial score (nSPS) is 29.8. The molecule has 3 aliphatic rings. The maximum atomic E-state index is 11.2. The van der Waals surface area contributed by atoms with Gasteiger partial charge in [0.15, 0.2) is 0 Å². The van der Waals surface area contributed by atoms with Crippen molar-refractivity contribution in [2.45, 2.75) is 38.0 Å². The molecule has 26 heavy (non-hydrogen) atoms. The lowest BCUT2D eigenvalue weighted by Crippen LogP contribution is -2.57. The number of nitrogens with zero attached hydrogens (tertiary/aromatic N) is 2. The number of piperidine rings is 3. The third-order valence-corrected chi connectivity index (χ3v) is 6.14. The van der Waals surface area contributed by atoms with Crippen molar-refractivity contribution in [3.05, 3.63) is 36.0 Å². The Hall–Kier alpha value is -1.40. The number of hydrogen-bond donors (Lipinski definition) is 2. The summed E-state index contributed by atoms with van der Waals surface area (Å²) in [5, 5.41) is 22.2. The van der Waals surface area contributed by atoms with Gasteiger partial charge >= 0.3 is 0 Å². The maximum absolute atomic E-state index is 11.2. The number of benzene rings is 1. The molecule has 2 unspecified atom stereocenters. The highest BCUT2D eigenvalue weighted by Crippen LogP contribution is 2.42. The lowest BCUT2D eigenvalue weighted by atomic mass is 9.72. The quantitative estimate of drug-likeness (QED) is 0.856. The first-order valence-electron chi connectivity index (χ1n) is 9.11. The molecular weight excluding hydrogens is 352 g/mol. The van der Waals surface area contributed by atoms with Crippen molar-refractivity contribution in [3.63, 3.8) is 0 Å². The van der Waals surface area contributed by atoms with E-state index in [2.05, 4.69) is 9.88 Å². The third kappa shape index (κ3) is 3.29. The van der Waals surface area contributed by atoms with E-state index in [1.165, 1.54) is 0 Å². The first kappa shape index (κ1) is 19.4. The Labute approximate surface area is 160 Å². The molecule has 5 nitrogen and oxygen atoms in total. The van der Waals surface area contributed by atoms with E-state index in [1.807, 2.05) is 31.2 Å². The minimum absolute atomic E-state index is 0. The molecule has 6 heteroatoms. The molecule has 3 saturated heterocycles. The Morgan fingerprint density at radius 2 is 2.08 bits per heavy atom. The van der Waals surface area contributed by atoms with E-state index < -0.39 is 6.10 Å². The van der Waals surface area contributed by atoms with Crippen LogP contribution in [0.4, 0.5) is 0 Å². The fraction of sp³-hybridized carbons (Fsp3) is 0.550. The van der Waals surface area contributed by atoms with Crippen molar-refractivity contribution in [3.8, 4) is 5.75 Å². The van der Waals surface area contributed by atoms with Gasteiger partial charge < -0.3 is 14.9 Å². The lowest BCUT2D eigenvalue weighted by molar-refractivity contribution is -0.0844. The van der Waals surface area contributed by atoms with Crippen LogP contribution >= 0.6 is 12.4 Å². The molecule has 1 aromatic carbocycles. The van der Waals surface area contributed by atoms with Crippen LogP contribution in [0.1, 0.15) is 31.4 Å². The number of methoxy groups -OCH3 is 1. The largest absolute Gasteiger partial charge is 0.497 e. The number of aliphatic hydroxyl groups is 2. The number of fused-ring (bicyclic) bond motifs is 4. The molecule has 0 amide bonds. The number of pyridine rings is 1. The summed E-state index contributed by atoms with van der Waals surface area (Å²) in [6, 6.07) is 7.80. The van der Waals surface area contributed by atoms with Crippen LogP contribution in [-0.2, 0) is 0 Å². The molecule has 3 fully saturated rings. The third-order valence-electron chi connectivity index (χ3n) is 6.14. The maximum Gasteiger partial charge on any atom is 0.119 e. The van der Waals surface area contributed by atoms with Gasteiger partial charge in [-0.1, -0.05) is 0 Å². The van der Waals surface area contributed by atoms with Crippen LogP contribution in [0.3, 0.4) is 0 Å². The summed E-state index contributed by atoms with van der Waals surface area (Å²) in [6.07, 6.45) is 2.98. The molecule has 3 aliphatic heterocycles. The highest BCUT2D eigenvalue weighted by Gasteiger charge is 2.44. The second kappa shape index (κ2) is 7.69. The number of aliphatic hydroxyl groups excluding tert-OH is 2. The summed E-state index contributed by atoms with van der Waals surface area (Å²) in [5.41, 5.74) is 1.78. The zero-order valence-corrected chi connectivity index (χ0v) is 16.0. The molecule has 2 bridgehead atoms. The van der Waals surface area contributed by atoms with Crippen molar-refractivity contribution in [1.29, 1.82) is 0 Å². The monoisotopic (exact) mass is 378 g/mol. The van der Waals surface area contributed by atoms with E-state index in [-0.39, 0.29) is 24.6 Å². The van der Waals surface area contributed by atoms with Gasteiger partial charge in [-0.3, -0.25) is 9.88 Å². The van der Waals surface area contributed by atoms with Crippen LogP contribution in [0.5, 0.6) is 5.75 Å². The van der Waals surface area contributed by atoms with Crippen LogP contribution in [-0.4, -0.2) is 52.4 Å². The van der Waals surface area contributed by atoms with Crippen molar-refractivity contribution in [2.75, 3.05) is 20.2 Å². The molecule has 0 radical (unpaired) electrons. The average Bonchev–Trinajstić information content (AvgIpc) is 2.66. The summed E-state index contributed by atoms with van der Waals surface area (Å²) < 4.78 is 5.34. The average molecular weight is 379 g/mol. The molecule has 6 atom stereocenters. The predicted octanol–water partition coefficient (Wildman–Crippen LogP) is 2.79. The van der Waals surface area contributed by atoms with E-state index in [4.69, 9.17) is 4.74 Å². The van der Waals surface area contributed by atoms with Crippen LogP contribution in [0, 0.1) is 11.8 Å². The minimum Gasteiger partial charge on any atom is -0.497 e. The van der Waals surface area contributed by atoms with Crippen molar-refractivity contribution in [2.24, 2.45) is 11.8 Å². The van der Waals surface area contributed by atoms with Crippen molar-refractivity contribution < 1.29 is 14.9 Å². The fourth-order valence-electron chi connectivity index (χ4n) is 4.72. The molecule has 142 valence electrons. The van der Waals surface area contributed by atoms with Crippen LogP contribution in [0.15, 0.2) is 30.5 Å². The molecule has 1 aromatic heterocycles. The Kier molecular flexibility index (Phi) is 5.72. The summed E-state index contributed by atoms with van der Waals surface area (Å²) in [7, 11) is 1.65. The smallest absolute Gasteiger partial charge is 0.119 e. The minimum atomic E-state index is -0.560. The van der Waals surface area contributed by atoms with E-state index >= 15 is 0 Å². The summed E-state index contributed by atoms with van der Waals surface area (Å²) in [5.74, 6) is 1.59. The van der Waals surface area contributed by atoms with Gasteiger partial charge in [0, 0.05) is 30.1 Å². The number of ether oxygens (including phenoxy) is 1. The molecule has 4 heterocycles. The highest BCUT2D eigenvalue weighted by atomic mass is 35.5. The van der Waals surface area contributed by atoms with E-state index in [0.717, 1.165) is 48.1 Å². The summed E-state index contributed by atoms with van der Waals surface area (Å²) in [6.45, 7) is 3.76. The van der Waals surface area contributed by atoms with Crippen LogP contribution in [0.2, 0.25) is 0 Å². The van der Waals surface area contributed by atoms with Crippen molar-refractivity contribution >= 4 is 23.3 Å². The van der Waals surface area contributed by atoms with Gasteiger partial charge in [-0.15, -0.1) is 12.4 Å². The number of aromatic nitrogens is 1. The Morgan fingerprint density at radius 1 is 1.27 bits per heavy atom. The second-order valence-corrected chi connectivity index (χ2v) is 7.48. The lowest BCUT2D eigenvalue weighted by Gasteiger charge is -2.52. The van der Waals surface area contributed by atoms with E-state index in [0.29, 0.717) is 11.8 Å². The number of rotatable bonds is 4.